The van der Waals surface area contributed by atoms with Gasteiger partial charge >= 0.3 is 17.9 Å². The van der Waals surface area contributed by atoms with Crippen molar-refractivity contribution >= 4 is 17.9 Å². The summed E-state index contributed by atoms with van der Waals surface area (Å²) in [6, 6.07) is 0. The molecule has 0 aromatic carbocycles. The Morgan fingerprint density at radius 2 is 0.507 bits per heavy atom. The smallest absolute Gasteiger partial charge is 0.306 e. The largest absolute Gasteiger partial charge is 0.462 e. The summed E-state index contributed by atoms with van der Waals surface area (Å²) in [6.45, 7) is 9.12. The van der Waals surface area contributed by atoms with Crippen LogP contribution in [0.25, 0.3) is 0 Å². The third-order valence-electron chi connectivity index (χ3n) is 14.9. The lowest BCUT2D eigenvalue weighted by Gasteiger charge is -2.18. The minimum atomic E-state index is -0.763. The molecule has 0 saturated carbocycles. The number of unbranched alkanes of at least 4 members (excludes halogenated alkanes) is 44. The Morgan fingerprint density at radius 1 is 0.290 bits per heavy atom. The van der Waals surface area contributed by atoms with Crippen molar-refractivity contribution in [2.24, 2.45) is 5.92 Å². The maximum Gasteiger partial charge on any atom is 0.306 e. The van der Waals surface area contributed by atoms with Crippen LogP contribution >= 0.6 is 0 Å². The van der Waals surface area contributed by atoms with Gasteiger partial charge in [0, 0.05) is 19.3 Å². The van der Waals surface area contributed by atoms with Gasteiger partial charge in [-0.25, -0.2) is 0 Å². The number of carbonyl (C=O) groups excluding carboxylic acids is 3. The van der Waals surface area contributed by atoms with Gasteiger partial charge in [-0.3, -0.25) is 14.4 Å². The first-order chi connectivity index (χ1) is 33.9. The zero-order valence-corrected chi connectivity index (χ0v) is 47.3. The van der Waals surface area contributed by atoms with E-state index in [1.54, 1.807) is 0 Å². The molecule has 0 saturated heterocycles. The molecule has 0 aliphatic heterocycles. The van der Waals surface area contributed by atoms with E-state index in [1.165, 1.54) is 257 Å². The van der Waals surface area contributed by atoms with E-state index < -0.39 is 6.10 Å². The fourth-order valence-corrected chi connectivity index (χ4v) is 9.78. The van der Waals surface area contributed by atoms with Crippen molar-refractivity contribution in [1.82, 2.24) is 0 Å². The van der Waals surface area contributed by atoms with E-state index in [9.17, 15) is 14.4 Å². The van der Waals surface area contributed by atoms with E-state index in [0.717, 1.165) is 63.7 Å². The average molecular weight is 976 g/mol. The average Bonchev–Trinajstić information content (AvgIpc) is 3.35. The standard InChI is InChI=1S/C63H122O6/c1-5-8-10-12-14-16-18-20-22-23-24-25-26-31-35-39-43-47-51-55-62(65)68-58-60(57-67-61(64)54-50-46-42-38-34-30-21-19-17-15-13-11-9-6-2)69-63(66)56-52-48-44-40-36-32-28-27-29-33-37-41-45-49-53-59(4)7-3/h59-60H,5-58H2,1-4H3/t59?,60-/m1/s1. The van der Waals surface area contributed by atoms with E-state index in [-0.39, 0.29) is 31.1 Å². The molecule has 2 atom stereocenters. The van der Waals surface area contributed by atoms with Gasteiger partial charge in [0.15, 0.2) is 6.10 Å². The molecule has 0 radical (unpaired) electrons. The normalized spacial score (nSPS) is 12.3. The van der Waals surface area contributed by atoms with Crippen molar-refractivity contribution in [1.29, 1.82) is 0 Å². The summed E-state index contributed by atoms with van der Waals surface area (Å²) in [5.41, 5.74) is 0. The highest BCUT2D eigenvalue weighted by Crippen LogP contribution is 2.19. The molecule has 1 unspecified atom stereocenters. The zero-order valence-electron chi connectivity index (χ0n) is 47.3. The third kappa shape index (κ3) is 55.6. The Bertz CT molecular complexity index is 1040. The van der Waals surface area contributed by atoms with Crippen molar-refractivity contribution in [3.8, 4) is 0 Å². The number of carbonyl (C=O) groups is 3. The highest BCUT2D eigenvalue weighted by Gasteiger charge is 2.19. The minimum absolute atomic E-state index is 0.0613. The predicted molar refractivity (Wildman–Crippen MR) is 298 cm³/mol. The molecular formula is C63H122O6. The van der Waals surface area contributed by atoms with E-state index in [4.69, 9.17) is 14.2 Å². The van der Waals surface area contributed by atoms with Crippen LogP contribution in [0.2, 0.25) is 0 Å². The molecule has 0 aromatic rings. The SMILES string of the molecule is CCCCCCCCCCCCCCCCCCCCCC(=O)OC[C@@H](COC(=O)CCCCCCCCCCCCCCCC)OC(=O)CCCCCCCCCCCCCCCCC(C)CC. The summed E-state index contributed by atoms with van der Waals surface area (Å²) in [7, 11) is 0. The van der Waals surface area contributed by atoms with Crippen LogP contribution in [-0.4, -0.2) is 37.2 Å². The molecule has 0 spiro atoms. The first-order valence-corrected chi connectivity index (χ1v) is 31.4. The van der Waals surface area contributed by atoms with Crippen LogP contribution in [0.15, 0.2) is 0 Å². The molecule has 0 rings (SSSR count). The molecule has 6 nitrogen and oxygen atoms in total. The topological polar surface area (TPSA) is 78.9 Å². The molecule has 0 bridgehead atoms. The summed E-state index contributed by atoms with van der Waals surface area (Å²) in [6.07, 6.45) is 63.8. The maximum absolute atomic E-state index is 12.9. The van der Waals surface area contributed by atoms with Gasteiger partial charge in [0.25, 0.3) is 0 Å². The summed E-state index contributed by atoms with van der Waals surface area (Å²) < 4.78 is 16.9. The lowest BCUT2D eigenvalue weighted by atomic mass is 9.99. The number of esters is 3. The van der Waals surface area contributed by atoms with Crippen LogP contribution in [-0.2, 0) is 28.6 Å². The van der Waals surface area contributed by atoms with Gasteiger partial charge in [0.05, 0.1) is 0 Å². The van der Waals surface area contributed by atoms with Gasteiger partial charge in [0.2, 0.25) is 0 Å². The van der Waals surface area contributed by atoms with Gasteiger partial charge in [-0.2, -0.15) is 0 Å². The molecule has 0 fully saturated rings. The molecule has 0 aliphatic rings. The molecule has 410 valence electrons. The van der Waals surface area contributed by atoms with Crippen LogP contribution in [0.1, 0.15) is 362 Å². The molecule has 6 heteroatoms. The monoisotopic (exact) mass is 975 g/mol. The number of rotatable bonds is 58. The van der Waals surface area contributed by atoms with Gasteiger partial charge in [-0.05, 0) is 25.2 Å². The van der Waals surface area contributed by atoms with E-state index in [2.05, 4.69) is 27.7 Å². The Morgan fingerprint density at radius 3 is 0.754 bits per heavy atom. The lowest BCUT2D eigenvalue weighted by Crippen LogP contribution is -2.30. The van der Waals surface area contributed by atoms with E-state index in [1.807, 2.05) is 0 Å². The summed E-state index contributed by atoms with van der Waals surface area (Å²) in [5, 5.41) is 0. The Kier molecular flexibility index (Phi) is 56.0. The summed E-state index contributed by atoms with van der Waals surface area (Å²) >= 11 is 0. The lowest BCUT2D eigenvalue weighted by molar-refractivity contribution is -0.167. The Balaban J connectivity index is 4.28. The molecular weight excluding hydrogens is 853 g/mol. The van der Waals surface area contributed by atoms with Crippen LogP contribution in [0.4, 0.5) is 0 Å². The Hall–Kier alpha value is -1.59. The highest BCUT2D eigenvalue weighted by molar-refractivity contribution is 5.71. The van der Waals surface area contributed by atoms with Crippen molar-refractivity contribution < 1.29 is 28.6 Å². The number of hydrogen-bond donors (Lipinski definition) is 0. The maximum atomic E-state index is 12.9. The molecule has 0 aromatic heterocycles. The summed E-state index contributed by atoms with van der Waals surface area (Å²) in [4.78, 5) is 38.3. The van der Waals surface area contributed by atoms with Crippen LogP contribution < -0.4 is 0 Å². The van der Waals surface area contributed by atoms with Crippen molar-refractivity contribution in [2.75, 3.05) is 13.2 Å². The van der Waals surface area contributed by atoms with Crippen molar-refractivity contribution in [3.63, 3.8) is 0 Å². The van der Waals surface area contributed by atoms with Gasteiger partial charge in [0.1, 0.15) is 13.2 Å². The summed E-state index contributed by atoms with van der Waals surface area (Å²) in [5.74, 6) is 0.0653. The van der Waals surface area contributed by atoms with E-state index >= 15 is 0 Å². The number of ether oxygens (including phenoxy) is 3. The molecule has 69 heavy (non-hydrogen) atoms. The third-order valence-corrected chi connectivity index (χ3v) is 14.9. The van der Waals surface area contributed by atoms with E-state index in [0.29, 0.717) is 19.3 Å². The van der Waals surface area contributed by atoms with Crippen molar-refractivity contribution in [2.45, 2.75) is 368 Å². The van der Waals surface area contributed by atoms with Gasteiger partial charge in [-0.1, -0.05) is 323 Å². The quantitative estimate of drug-likeness (QED) is 0.0343. The zero-order chi connectivity index (χ0) is 50.2. The van der Waals surface area contributed by atoms with Gasteiger partial charge < -0.3 is 14.2 Å². The number of hydrogen-bond acceptors (Lipinski definition) is 6. The fraction of sp³-hybridized carbons (Fsp3) is 0.952. The van der Waals surface area contributed by atoms with Crippen LogP contribution in [0.3, 0.4) is 0 Å². The highest BCUT2D eigenvalue weighted by atomic mass is 16.6. The molecule has 0 N–H and O–H groups in total. The van der Waals surface area contributed by atoms with Gasteiger partial charge in [-0.15, -0.1) is 0 Å². The fourth-order valence-electron chi connectivity index (χ4n) is 9.78. The Labute approximate surface area is 431 Å². The second-order valence-corrected chi connectivity index (χ2v) is 21.9. The molecule has 0 amide bonds. The second kappa shape index (κ2) is 57.3. The van der Waals surface area contributed by atoms with Crippen molar-refractivity contribution in [3.05, 3.63) is 0 Å². The predicted octanol–water partition coefficient (Wildman–Crippen LogP) is 21.0. The first kappa shape index (κ1) is 67.4. The second-order valence-electron chi connectivity index (χ2n) is 21.9. The first-order valence-electron chi connectivity index (χ1n) is 31.4. The van der Waals surface area contributed by atoms with Crippen LogP contribution in [0.5, 0.6) is 0 Å². The minimum Gasteiger partial charge on any atom is -0.462 e. The van der Waals surface area contributed by atoms with Crippen LogP contribution in [0, 0.1) is 5.92 Å². The molecule has 0 heterocycles. The molecule has 0 aliphatic carbocycles.